The molecule has 1 aliphatic heterocycles. The maximum atomic E-state index is 13.4. The number of carbonyl (C=O) groups is 2. The van der Waals surface area contributed by atoms with Crippen LogP contribution in [0, 0.1) is 0 Å². The lowest BCUT2D eigenvalue weighted by molar-refractivity contribution is -0.305. The largest absolute Gasteiger partial charge is 0.454 e. The first kappa shape index (κ1) is 73.3. The molecule has 79 heavy (non-hydrogen) atoms. The van der Waals surface area contributed by atoms with E-state index < -0.39 is 67.4 Å². The van der Waals surface area contributed by atoms with Crippen LogP contribution in [0.15, 0.2) is 109 Å². The van der Waals surface area contributed by atoms with E-state index in [1.165, 1.54) is 64.2 Å². The predicted molar refractivity (Wildman–Crippen MR) is 328 cm³/mol. The molecule has 8 atom stereocenters. The molecular formula is C68H115NO10. The fourth-order valence-corrected chi connectivity index (χ4v) is 9.22. The van der Waals surface area contributed by atoms with Crippen molar-refractivity contribution in [3.63, 3.8) is 0 Å². The van der Waals surface area contributed by atoms with Crippen LogP contribution in [0.25, 0.3) is 0 Å². The summed E-state index contributed by atoms with van der Waals surface area (Å²) < 4.78 is 17.6. The predicted octanol–water partition coefficient (Wildman–Crippen LogP) is 15.3. The van der Waals surface area contributed by atoms with Crippen molar-refractivity contribution in [1.82, 2.24) is 5.32 Å². The molecule has 0 aromatic carbocycles. The van der Waals surface area contributed by atoms with E-state index in [0.717, 1.165) is 135 Å². The van der Waals surface area contributed by atoms with Crippen molar-refractivity contribution in [2.45, 2.75) is 294 Å². The summed E-state index contributed by atoms with van der Waals surface area (Å²) in [6.07, 6.45) is 64.1. The molecule has 0 bridgehead atoms. The smallest absolute Gasteiger partial charge is 0.306 e. The van der Waals surface area contributed by atoms with Crippen molar-refractivity contribution in [3.05, 3.63) is 109 Å². The summed E-state index contributed by atoms with van der Waals surface area (Å²) in [5.74, 6) is -1.23. The standard InChI is InChI=1S/C68H115NO10/c1-4-7-10-13-16-19-22-25-27-28-29-30-31-32-33-34-35-36-37-40-43-46-49-52-55-61(72)67(76)69-59(60(71)54-51-48-45-42-39-24-21-18-15-12-9-6-3)58-77-68-66(65(75)64(74)62(57-70)78-68)79-63(73)56-53-50-47-44-41-38-26-23-20-17-14-11-8-5-2/h7-8,10-11,16-17,19-20,25-27,29-30,32-33,38,51,54,59-62,64-66,68,70-72,74-75H,4-6,9,12-15,18,21-24,28,31,34-37,39-50,52-53,55-58H2,1-3H3,(H,69,76)/b10-7-,11-8+,19-16-,20-17+,27-25-,30-29-,33-32-,38-26+,54-51+. The highest BCUT2D eigenvalue weighted by Crippen LogP contribution is 2.26. The van der Waals surface area contributed by atoms with E-state index in [1.807, 2.05) is 6.08 Å². The molecule has 452 valence electrons. The second kappa shape index (κ2) is 54.9. The number of esters is 1. The van der Waals surface area contributed by atoms with Gasteiger partial charge in [0.15, 0.2) is 12.4 Å². The zero-order valence-corrected chi connectivity index (χ0v) is 50.0. The topological polar surface area (TPSA) is 175 Å². The lowest BCUT2D eigenvalue weighted by atomic mass is 9.99. The summed E-state index contributed by atoms with van der Waals surface area (Å²) in [4.78, 5) is 26.5. The number of nitrogens with one attached hydrogen (secondary N) is 1. The maximum Gasteiger partial charge on any atom is 0.306 e. The van der Waals surface area contributed by atoms with Gasteiger partial charge in [-0.05, 0) is 103 Å². The number of rotatable bonds is 52. The molecule has 1 saturated heterocycles. The monoisotopic (exact) mass is 1110 g/mol. The van der Waals surface area contributed by atoms with Gasteiger partial charge in [0.05, 0.1) is 25.4 Å². The highest BCUT2D eigenvalue weighted by molar-refractivity contribution is 5.80. The quantitative estimate of drug-likeness (QED) is 0.0195. The van der Waals surface area contributed by atoms with Gasteiger partial charge < -0.3 is 45.1 Å². The molecule has 1 amide bonds. The van der Waals surface area contributed by atoms with Gasteiger partial charge in [-0.2, -0.15) is 0 Å². The highest BCUT2D eigenvalue weighted by atomic mass is 16.7. The van der Waals surface area contributed by atoms with E-state index in [2.05, 4.69) is 123 Å². The van der Waals surface area contributed by atoms with Gasteiger partial charge >= 0.3 is 5.97 Å². The number of aliphatic hydroxyl groups is 5. The van der Waals surface area contributed by atoms with E-state index in [0.29, 0.717) is 12.8 Å². The summed E-state index contributed by atoms with van der Waals surface area (Å²) in [5, 5.41) is 57.0. The Morgan fingerprint density at radius 2 is 0.911 bits per heavy atom. The minimum absolute atomic E-state index is 0.0919. The number of amides is 1. The lowest BCUT2D eigenvalue weighted by Gasteiger charge is -2.41. The normalized spacial score (nSPS) is 19.6. The second-order valence-corrected chi connectivity index (χ2v) is 21.4. The molecule has 0 aromatic heterocycles. The maximum absolute atomic E-state index is 13.4. The fourth-order valence-electron chi connectivity index (χ4n) is 9.22. The number of allylic oxidation sites excluding steroid dienone is 17. The molecular weight excluding hydrogens is 991 g/mol. The van der Waals surface area contributed by atoms with Gasteiger partial charge in [-0.1, -0.05) is 246 Å². The first-order chi connectivity index (χ1) is 38.7. The van der Waals surface area contributed by atoms with E-state index in [9.17, 15) is 35.1 Å². The van der Waals surface area contributed by atoms with Crippen LogP contribution in [0.3, 0.4) is 0 Å². The van der Waals surface area contributed by atoms with Crippen LogP contribution in [-0.4, -0.2) is 99.6 Å². The molecule has 6 N–H and O–H groups in total. The van der Waals surface area contributed by atoms with Crippen LogP contribution < -0.4 is 5.32 Å². The Morgan fingerprint density at radius 3 is 1.37 bits per heavy atom. The number of ether oxygens (including phenoxy) is 3. The minimum atomic E-state index is -1.63. The third-order valence-electron chi connectivity index (χ3n) is 14.2. The van der Waals surface area contributed by atoms with E-state index in [4.69, 9.17) is 14.2 Å². The van der Waals surface area contributed by atoms with E-state index >= 15 is 0 Å². The van der Waals surface area contributed by atoms with Crippen molar-refractivity contribution in [2.24, 2.45) is 0 Å². The van der Waals surface area contributed by atoms with E-state index in [-0.39, 0.29) is 19.4 Å². The second-order valence-electron chi connectivity index (χ2n) is 21.4. The summed E-state index contributed by atoms with van der Waals surface area (Å²) >= 11 is 0. The Morgan fingerprint density at radius 1 is 0.506 bits per heavy atom. The molecule has 0 aliphatic carbocycles. The van der Waals surface area contributed by atoms with Gasteiger partial charge in [-0.25, -0.2) is 0 Å². The van der Waals surface area contributed by atoms with Crippen molar-refractivity contribution in [1.29, 1.82) is 0 Å². The first-order valence-corrected chi connectivity index (χ1v) is 31.7. The summed E-state index contributed by atoms with van der Waals surface area (Å²) in [5.41, 5.74) is 0. The van der Waals surface area contributed by atoms with Gasteiger partial charge in [0.2, 0.25) is 5.91 Å². The van der Waals surface area contributed by atoms with Gasteiger partial charge in [0, 0.05) is 6.42 Å². The lowest BCUT2D eigenvalue weighted by Crippen LogP contribution is -2.61. The van der Waals surface area contributed by atoms with Crippen LogP contribution in [0.2, 0.25) is 0 Å². The zero-order chi connectivity index (χ0) is 57.5. The molecule has 11 heteroatoms. The number of carbonyl (C=O) groups excluding carboxylic acids is 2. The van der Waals surface area contributed by atoms with Crippen molar-refractivity contribution in [3.8, 4) is 0 Å². The van der Waals surface area contributed by atoms with Crippen molar-refractivity contribution >= 4 is 11.9 Å². The summed E-state index contributed by atoms with van der Waals surface area (Å²) in [6.45, 7) is 5.53. The third kappa shape index (κ3) is 42.8. The molecule has 0 aromatic rings. The van der Waals surface area contributed by atoms with Gasteiger partial charge in [-0.3, -0.25) is 9.59 Å². The Kier molecular flexibility index (Phi) is 50.9. The van der Waals surface area contributed by atoms with Crippen LogP contribution in [0.5, 0.6) is 0 Å². The molecule has 1 fully saturated rings. The van der Waals surface area contributed by atoms with Gasteiger partial charge in [-0.15, -0.1) is 0 Å². The number of aliphatic hydroxyl groups excluding tert-OH is 5. The highest BCUT2D eigenvalue weighted by Gasteiger charge is 2.47. The molecule has 0 saturated carbocycles. The van der Waals surface area contributed by atoms with Gasteiger partial charge in [0.1, 0.15) is 24.4 Å². The Hall–Kier alpha value is -3.68. The Labute approximate surface area is 481 Å². The van der Waals surface area contributed by atoms with Crippen LogP contribution in [-0.2, 0) is 23.8 Å². The van der Waals surface area contributed by atoms with E-state index in [1.54, 1.807) is 6.08 Å². The minimum Gasteiger partial charge on any atom is -0.454 e. The van der Waals surface area contributed by atoms with Crippen LogP contribution >= 0.6 is 0 Å². The molecule has 11 nitrogen and oxygen atoms in total. The number of unbranched alkanes of at least 4 members (excludes halogenated alkanes) is 22. The van der Waals surface area contributed by atoms with Crippen molar-refractivity contribution in [2.75, 3.05) is 13.2 Å². The molecule has 8 unspecified atom stereocenters. The SMILES string of the molecule is CC/C=C\C/C=C\C/C=C\C/C=C\C/C=C\CCCCCCCCCCC(O)C(=O)NC(COC1OC(CO)C(O)C(O)C1OC(=O)CCCCCC/C=C/C/C=C/C/C=C/CC)C(O)/C=C/CCCCCCCCCCCC. The third-order valence-corrected chi connectivity index (χ3v) is 14.2. The summed E-state index contributed by atoms with van der Waals surface area (Å²) in [7, 11) is 0. The number of hydrogen-bond donors (Lipinski definition) is 6. The average Bonchev–Trinajstić information content (AvgIpc) is 3.46. The average molecular weight is 1110 g/mol. The van der Waals surface area contributed by atoms with Crippen molar-refractivity contribution < 1.29 is 49.3 Å². The summed E-state index contributed by atoms with van der Waals surface area (Å²) in [6, 6.07) is -1.04. The van der Waals surface area contributed by atoms with Gasteiger partial charge in [0.25, 0.3) is 0 Å². The fraction of sp³-hybridized carbons (Fsp3) is 0.706. The van der Waals surface area contributed by atoms with Crippen LogP contribution in [0.4, 0.5) is 0 Å². The molecule has 1 rings (SSSR count). The Balaban J connectivity index is 2.65. The molecule has 1 aliphatic rings. The van der Waals surface area contributed by atoms with Crippen LogP contribution in [0.1, 0.15) is 245 Å². The Bertz CT molecular complexity index is 1700. The number of hydrogen-bond acceptors (Lipinski definition) is 10. The molecule has 0 spiro atoms. The first-order valence-electron chi connectivity index (χ1n) is 31.7. The molecule has 0 radical (unpaired) electrons. The molecule has 1 heterocycles. The zero-order valence-electron chi connectivity index (χ0n) is 50.0.